The lowest BCUT2D eigenvalue weighted by Crippen LogP contribution is -2.04. The standard InChI is InChI=1S/C13H11IN4O2/c14-10-11(7-1-2-7)16-13(17-12(10)15)8-3-5-9(6-4-8)18(19)20/h3-7H,1-2H2,(H2,15,16,17). The topological polar surface area (TPSA) is 94.9 Å². The number of nitrogens with zero attached hydrogens (tertiary/aromatic N) is 3. The number of hydrogen-bond acceptors (Lipinski definition) is 5. The molecule has 0 bridgehead atoms. The third-order valence-corrected chi connectivity index (χ3v) is 4.31. The second kappa shape index (κ2) is 4.97. The Morgan fingerprint density at radius 2 is 1.90 bits per heavy atom. The Labute approximate surface area is 128 Å². The van der Waals surface area contributed by atoms with Gasteiger partial charge in [0.2, 0.25) is 0 Å². The number of nitro groups is 1. The maximum Gasteiger partial charge on any atom is 0.269 e. The van der Waals surface area contributed by atoms with Gasteiger partial charge in [-0.3, -0.25) is 10.1 Å². The van der Waals surface area contributed by atoms with Crippen LogP contribution in [0.1, 0.15) is 24.5 Å². The lowest BCUT2D eigenvalue weighted by molar-refractivity contribution is -0.384. The van der Waals surface area contributed by atoms with Gasteiger partial charge in [0, 0.05) is 23.6 Å². The third-order valence-electron chi connectivity index (χ3n) is 3.20. The molecule has 2 N–H and O–H groups in total. The fourth-order valence-electron chi connectivity index (χ4n) is 1.97. The van der Waals surface area contributed by atoms with E-state index in [1.54, 1.807) is 12.1 Å². The fraction of sp³-hybridized carbons (Fsp3) is 0.231. The Bertz CT molecular complexity index is 684. The highest BCUT2D eigenvalue weighted by molar-refractivity contribution is 14.1. The van der Waals surface area contributed by atoms with Crippen molar-refractivity contribution in [2.75, 3.05) is 5.73 Å². The Morgan fingerprint density at radius 1 is 1.25 bits per heavy atom. The number of non-ortho nitro benzene ring substituents is 1. The molecule has 0 radical (unpaired) electrons. The van der Waals surface area contributed by atoms with Crippen LogP contribution in [0.2, 0.25) is 0 Å². The summed E-state index contributed by atoms with van der Waals surface area (Å²) in [5.41, 5.74) is 7.72. The van der Waals surface area contributed by atoms with Gasteiger partial charge in [0.15, 0.2) is 5.82 Å². The van der Waals surface area contributed by atoms with Crippen LogP contribution in [-0.4, -0.2) is 14.9 Å². The van der Waals surface area contributed by atoms with Gasteiger partial charge in [-0.05, 0) is 47.6 Å². The first-order valence-electron chi connectivity index (χ1n) is 6.14. The van der Waals surface area contributed by atoms with Gasteiger partial charge in [-0.1, -0.05) is 0 Å². The Hall–Kier alpha value is -1.77. The summed E-state index contributed by atoms with van der Waals surface area (Å²) < 4.78 is 0.913. The molecule has 1 aromatic carbocycles. The number of hydrogen-bond donors (Lipinski definition) is 1. The highest BCUT2D eigenvalue weighted by Crippen LogP contribution is 2.42. The predicted octanol–water partition coefficient (Wildman–Crippen LogP) is 3.12. The van der Waals surface area contributed by atoms with Crippen molar-refractivity contribution in [3.63, 3.8) is 0 Å². The van der Waals surface area contributed by atoms with E-state index >= 15 is 0 Å². The summed E-state index contributed by atoms with van der Waals surface area (Å²) in [7, 11) is 0. The smallest absolute Gasteiger partial charge is 0.269 e. The highest BCUT2D eigenvalue weighted by atomic mass is 127. The fourth-order valence-corrected chi connectivity index (χ4v) is 2.65. The first-order valence-corrected chi connectivity index (χ1v) is 7.22. The second-order valence-corrected chi connectivity index (χ2v) is 5.79. The Morgan fingerprint density at radius 3 is 2.45 bits per heavy atom. The van der Waals surface area contributed by atoms with Gasteiger partial charge in [-0.25, -0.2) is 9.97 Å². The number of rotatable bonds is 3. The van der Waals surface area contributed by atoms with E-state index in [4.69, 9.17) is 5.73 Å². The molecule has 102 valence electrons. The minimum atomic E-state index is -0.428. The summed E-state index contributed by atoms with van der Waals surface area (Å²) in [5.74, 6) is 1.47. The van der Waals surface area contributed by atoms with Crippen molar-refractivity contribution in [3.8, 4) is 11.4 Å². The Balaban J connectivity index is 2.03. The molecule has 0 spiro atoms. The summed E-state index contributed by atoms with van der Waals surface area (Å²) >= 11 is 2.17. The van der Waals surface area contributed by atoms with Crippen molar-refractivity contribution in [2.45, 2.75) is 18.8 Å². The van der Waals surface area contributed by atoms with E-state index in [0.29, 0.717) is 17.6 Å². The molecule has 20 heavy (non-hydrogen) atoms. The maximum absolute atomic E-state index is 10.7. The van der Waals surface area contributed by atoms with Gasteiger partial charge in [-0.15, -0.1) is 0 Å². The van der Waals surface area contributed by atoms with E-state index in [-0.39, 0.29) is 5.69 Å². The molecule has 6 nitrogen and oxygen atoms in total. The van der Waals surface area contributed by atoms with Gasteiger partial charge in [0.25, 0.3) is 5.69 Å². The van der Waals surface area contributed by atoms with Crippen LogP contribution in [0.15, 0.2) is 24.3 Å². The minimum absolute atomic E-state index is 0.0506. The number of benzene rings is 1. The van der Waals surface area contributed by atoms with Gasteiger partial charge in [-0.2, -0.15) is 0 Å². The van der Waals surface area contributed by atoms with Crippen LogP contribution < -0.4 is 5.73 Å². The molecule has 1 fully saturated rings. The van der Waals surface area contributed by atoms with Crippen LogP contribution in [0.25, 0.3) is 11.4 Å². The zero-order chi connectivity index (χ0) is 14.3. The van der Waals surface area contributed by atoms with Crippen molar-refractivity contribution in [1.82, 2.24) is 9.97 Å². The molecule has 0 saturated heterocycles. The summed E-state index contributed by atoms with van der Waals surface area (Å²) in [4.78, 5) is 19.1. The molecule has 1 aromatic heterocycles. The van der Waals surface area contributed by atoms with Crippen LogP contribution in [0.3, 0.4) is 0 Å². The molecule has 0 aliphatic heterocycles. The monoisotopic (exact) mass is 382 g/mol. The molecule has 1 aliphatic rings. The average molecular weight is 382 g/mol. The summed E-state index contributed by atoms with van der Waals surface area (Å²) in [5, 5.41) is 10.7. The van der Waals surface area contributed by atoms with Crippen molar-refractivity contribution in [1.29, 1.82) is 0 Å². The second-order valence-electron chi connectivity index (χ2n) is 4.71. The van der Waals surface area contributed by atoms with Gasteiger partial charge >= 0.3 is 0 Å². The number of halogens is 1. The lowest BCUT2D eigenvalue weighted by atomic mass is 10.2. The van der Waals surface area contributed by atoms with E-state index in [2.05, 4.69) is 32.6 Å². The number of anilines is 1. The maximum atomic E-state index is 10.7. The molecule has 0 atom stereocenters. The predicted molar refractivity (Wildman–Crippen MR) is 83.2 cm³/mol. The first-order chi connectivity index (χ1) is 9.56. The van der Waals surface area contributed by atoms with Crippen LogP contribution >= 0.6 is 22.6 Å². The van der Waals surface area contributed by atoms with Crippen molar-refractivity contribution >= 4 is 34.1 Å². The zero-order valence-electron chi connectivity index (χ0n) is 10.4. The van der Waals surface area contributed by atoms with Crippen LogP contribution in [0.5, 0.6) is 0 Å². The quantitative estimate of drug-likeness (QED) is 0.500. The number of nitrogens with two attached hydrogens (primary N) is 1. The molecular formula is C13H11IN4O2. The minimum Gasteiger partial charge on any atom is -0.383 e. The third kappa shape index (κ3) is 2.45. The van der Waals surface area contributed by atoms with Gasteiger partial charge in [0.05, 0.1) is 14.2 Å². The van der Waals surface area contributed by atoms with E-state index < -0.39 is 4.92 Å². The van der Waals surface area contributed by atoms with Gasteiger partial charge in [0.1, 0.15) is 5.82 Å². The van der Waals surface area contributed by atoms with Crippen molar-refractivity contribution < 1.29 is 4.92 Å². The van der Waals surface area contributed by atoms with Crippen molar-refractivity contribution in [3.05, 3.63) is 43.6 Å². The largest absolute Gasteiger partial charge is 0.383 e. The first kappa shape index (κ1) is 13.2. The summed E-state index contributed by atoms with van der Waals surface area (Å²) in [6.45, 7) is 0. The van der Waals surface area contributed by atoms with E-state index in [1.165, 1.54) is 12.1 Å². The normalized spacial score (nSPS) is 14.2. The van der Waals surface area contributed by atoms with Crippen LogP contribution in [0.4, 0.5) is 11.5 Å². The molecule has 1 aliphatic carbocycles. The lowest BCUT2D eigenvalue weighted by Gasteiger charge is -2.08. The van der Waals surface area contributed by atoms with Crippen LogP contribution in [0, 0.1) is 13.7 Å². The number of nitro benzene ring substituents is 1. The van der Waals surface area contributed by atoms with E-state index in [0.717, 1.165) is 27.7 Å². The van der Waals surface area contributed by atoms with E-state index in [9.17, 15) is 10.1 Å². The molecule has 3 rings (SSSR count). The zero-order valence-corrected chi connectivity index (χ0v) is 12.6. The Kier molecular flexibility index (Phi) is 3.28. The molecule has 2 aromatic rings. The summed E-state index contributed by atoms with van der Waals surface area (Å²) in [6, 6.07) is 6.19. The summed E-state index contributed by atoms with van der Waals surface area (Å²) in [6.07, 6.45) is 2.26. The average Bonchev–Trinajstić information content (AvgIpc) is 3.26. The molecule has 7 heteroatoms. The van der Waals surface area contributed by atoms with Crippen molar-refractivity contribution in [2.24, 2.45) is 0 Å². The molecule has 0 amide bonds. The molecule has 0 unspecified atom stereocenters. The molecular weight excluding hydrogens is 371 g/mol. The van der Waals surface area contributed by atoms with Crippen LogP contribution in [-0.2, 0) is 0 Å². The SMILES string of the molecule is Nc1nc(-c2ccc([N+](=O)[O-])cc2)nc(C2CC2)c1I. The van der Waals surface area contributed by atoms with E-state index in [1.807, 2.05) is 0 Å². The number of nitrogen functional groups attached to an aromatic ring is 1. The van der Waals surface area contributed by atoms with Gasteiger partial charge < -0.3 is 5.73 Å². The number of aromatic nitrogens is 2. The highest BCUT2D eigenvalue weighted by Gasteiger charge is 2.29. The molecule has 1 saturated carbocycles. The molecule has 1 heterocycles.